The Kier molecular flexibility index (Phi) is 6.36. The van der Waals surface area contributed by atoms with Crippen molar-refractivity contribution in [3.8, 4) is 17.2 Å². The highest BCUT2D eigenvalue weighted by atomic mass is 19.1. The van der Waals surface area contributed by atoms with Crippen LogP contribution in [0.15, 0.2) is 90.0 Å². The lowest BCUT2D eigenvalue weighted by Crippen LogP contribution is -2.39. The highest BCUT2D eigenvalue weighted by Gasteiger charge is 2.25. The van der Waals surface area contributed by atoms with E-state index in [0.717, 1.165) is 22.2 Å². The van der Waals surface area contributed by atoms with Crippen LogP contribution >= 0.6 is 0 Å². The lowest BCUT2D eigenvalue weighted by Gasteiger charge is -2.26. The topological polar surface area (TPSA) is 91.4 Å². The molecule has 182 valence electrons. The number of amides is 1. The number of ether oxygens (including phenoxy) is 2. The molecule has 0 spiro atoms. The van der Waals surface area contributed by atoms with Gasteiger partial charge in [0.25, 0.3) is 5.91 Å². The molecule has 9 heteroatoms. The molecule has 3 aromatic carbocycles. The maximum absolute atomic E-state index is 13.3. The highest BCUT2D eigenvalue weighted by molar-refractivity contribution is 5.92. The maximum Gasteiger partial charge on any atom is 0.273 e. The summed E-state index contributed by atoms with van der Waals surface area (Å²) in [6.45, 7) is 1.85. The minimum atomic E-state index is -0.541. The Morgan fingerprint density at radius 2 is 1.92 bits per heavy atom. The van der Waals surface area contributed by atoms with E-state index in [1.165, 1.54) is 24.8 Å². The van der Waals surface area contributed by atoms with Gasteiger partial charge in [-0.2, -0.15) is 5.10 Å². The summed E-state index contributed by atoms with van der Waals surface area (Å²) in [6.07, 6.45) is 3.68. The fourth-order valence-electron chi connectivity index (χ4n) is 3.98. The van der Waals surface area contributed by atoms with Gasteiger partial charge in [0.15, 0.2) is 12.1 Å². The van der Waals surface area contributed by atoms with Crippen molar-refractivity contribution in [3.05, 3.63) is 103 Å². The summed E-state index contributed by atoms with van der Waals surface area (Å²) >= 11 is 0. The molecule has 1 amide bonds. The Balaban J connectivity index is 1.44. The number of methoxy groups -OCH3 is 1. The van der Waals surface area contributed by atoms with E-state index in [9.17, 15) is 9.18 Å². The zero-order chi connectivity index (χ0) is 25.1. The van der Waals surface area contributed by atoms with Crippen LogP contribution in [0.4, 0.5) is 4.39 Å². The Morgan fingerprint density at radius 1 is 1.08 bits per heavy atom. The first kappa shape index (κ1) is 23.1. The molecule has 1 N–H and O–H groups in total. The van der Waals surface area contributed by atoms with E-state index in [1.54, 1.807) is 30.1 Å². The van der Waals surface area contributed by atoms with Crippen molar-refractivity contribution in [1.29, 1.82) is 0 Å². The van der Waals surface area contributed by atoms with Crippen LogP contribution in [-0.4, -0.2) is 33.8 Å². The van der Waals surface area contributed by atoms with Crippen LogP contribution in [0.2, 0.25) is 0 Å². The number of carbonyl (C=O) groups is 1. The van der Waals surface area contributed by atoms with Crippen LogP contribution < -0.4 is 14.8 Å². The number of nitrogens with zero attached hydrogens (tertiary/aromatic N) is 3. The minimum absolute atomic E-state index is 0.181. The van der Waals surface area contributed by atoms with Gasteiger partial charge >= 0.3 is 0 Å². The highest BCUT2D eigenvalue weighted by Crippen LogP contribution is 2.30. The van der Waals surface area contributed by atoms with Crippen molar-refractivity contribution in [1.82, 2.24) is 20.1 Å². The third-order valence-electron chi connectivity index (χ3n) is 5.77. The van der Waals surface area contributed by atoms with Crippen molar-refractivity contribution >= 4 is 16.8 Å². The number of benzene rings is 3. The Bertz CT molecular complexity index is 1480. The molecule has 5 rings (SSSR count). The Morgan fingerprint density at radius 3 is 2.67 bits per heavy atom. The van der Waals surface area contributed by atoms with E-state index in [2.05, 4.69) is 15.4 Å². The standard InChI is InChI=1S/C27H23FN4O4/c1-17(31-27(33)24-15-35-16-29-24)26(18-4-3-5-22(12-18)34-2)36-23-10-11-25-19(13-23)14-30-32(25)21-8-6-20(28)7-9-21/h3-17,26H,1-2H3,(H,31,33)/t17-,26+/m0/s1. The molecule has 0 fully saturated rings. The average molecular weight is 487 g/mol. The van der Waals surface area contributed by atoms with Crippen LogP contribution in [0.25, 0.3) is 16.6 Å². The summed E-state index contributed by atoms with van der Waals surface area (Å²) in [5, 5.41) is 8.23. The number of fused-ring (bicyclic) bond motifs is 1. The number of halogens is 1. The first-order valence-corrected chi connectivity index (χ1v) is 11.3. The number of oxazole rings is 1. The summed E-state index contributed by atoms with van der Waals surface area (Å²) in [5.74, 6) is 0.590. The molecule has 2 atom stereocenters. The van der Waals surface area contributed by atoms with E-state index < -0.39 is 12.1 Å². The quantitative estimate of drug-likeness (QED) is 0.328. The largest absolute Gasteiger partial charge is 0.497 e. The molecule has 0 radical (unpaired) electrons. The zero-order valence-corrected chi connectivity index (χ0v) is 19.6. The number of nitrogens with one attached hydrogen (secondary N) is 1. The van der Waals surface area contributed by atoms with Crippen LogP contribution in [0, 0.1) is 5.82 Å². The summed E-state index contributed by atoms with van der Waals surface area (Å²) in [6, 6.07) is 18.8. The van der Waals surface area contributed by atoms with E-state index in [-0.39, 0.29) is 17.4 Å². The smallest absolute Gasteiger partial charge is 0.273 e. The van der Waals surface area contributed by atoms with Crippen molar-refractivity contribution in [2.45, 2.75) is 19.1 Å². The third-order valence-corrected chi connectivity index (χ3v) is 5.77. The predicted octanol–water partition coefficient (Wildman–Crippen LogP) is 5.10. The summed E-state index contributed by atoms with van der Waals surface area (Å²) in [5.41, 5.74) is 2.60. The van der Waals surface area contributed by atoms with Gasteiger partial charge in [-0.3, -0.25) is 4.79 Å². The SMILES string of the molecule is COc1cccc([C@H](Oc2ccc3c(cnn3-c3ccc(F)cc3)c2)[C@H](C)NC(=O)c2cocn2)c1. The molecule has 0 aliphatic heterocycles. The Hall–Kier alpha value is -4.66. The zero-order valence-electron chi connectivity index (χ0n) is 19.6. The number of hydrogen-bond acceptors (Lipinski definition) is 6. The predicted molar refractivity (Wildman–Crippen MR) is 131 cm³/mol. The third kappa shape index (κ3) is 4.76. The number of rotatable bonds is 8. The average Bonchev–Trinajstić information content (AvgIpc) is 3.58. The normalized spacial score (nSPS) is 12.8. The van der Waals surface area contributed by atoms with Gasteiger partial charge < -0.3 is 19.2 Å². The van der Waals surface area contributed by atoms with E-state index in [1.807, 2.05) is 49.4 Å². The molecule has 36 heavy (non-hydrogen) atoms. The summed E-state index contributed by atoms with van der Waals surface area (Å²) in [4.78, 5) is 16.5. The molecule has 0 saturated heterocycles. The molecule has 8 nitrogen and oxygen atoms in total. The number of carbonyl (C=O) groups excluding carboxylic acids is 1. The second kappa shape index (κ2) is 9.91. The van der Waals surface area contributed by atoms with Crippen LogP contribution in [0.5, 0.6) is 11.5 Å². The van der Waals surface area contributed by atoms with Gasteiger partial charge in [-0.05, 0) is 67.1 Å². The van der Waals surface area contributed by atoms with Crippen LogP contribution in [0.3, 0.4) is 0 Å². The minimum Gasteiger partial charge on any atom is -0.497 e. The number of hydrogen-bond donors (Lipinski definition) is 1. The van der Waals surface area contributed by atoms with Gasteiger partial charge in [-0.1, -0.05) is 12.1 Å². The molecule has 0 aliphatic rings. The molecular weight excluding hydrogens is 463 g/mol. The molecule has 2 aromatic heterocycles. The second-order valence-corrected chi connectivity index (χ2v) is 8.20. The van der Waals surface area contributed by atoms with Gasteiger partial charge in [-0.25, -0.2) is 14.1 Å². The van der Waals surface area contributed by atoms with Crippen molar-refractivity contribution in [2.75, 3.05) is 7.11 Å². The summed E-state index contributed by atoms with van der Waals surface area (Å²) < 4.78 is 31.8. The molecular formula is C27H23FN4O4. The lowest BCUT2D eigenvalue weighted by atomic mass is 10.0. The van der Waals surface area contributed by atoms with Crippen molar-refractivity contribution in [3.63, 3.8) is 0 Å². The molecule has 0 saturated carbocycles. The maximum atomic E-state index is 13.3. The van der Waals surface area contributed by atoms with E-state index >= 15 is 0 Å². The molecule has 0 unspecified atom stereocenters. The van der Waals surface area contributed by atoms with Crippen molar-refractivity contribution < 1.29 is 23.1 Å². The summed E-state index contributed by atoms with van der Waals surface area (Å²) in [7, 11) is 1.59. The fraction of sp³-hybridized carbons (Fsp3) is 0.148. The van der Waals surface area contributed by atoms with Crippen molar-refractivity contribution in [2.24, 2.45) is 0 Å². The van der Waals surface area contributed by atoms with Gasteiger partial charge in [0.1, 0.15) is 29.7 Å². The monoisotopic (exact) mass is 486 g/mol. The van der Waals surface area contributed by atoms with E-state index in [4.69, 9.17) is 13.9 Å². The van der Waals surface area contributed by atoms with E-state index in [0.29, 0.717) is 11.5 Å². The second-order valence-electron chi connectivity index (χ2n) is 8.20. The molecule has 2 heterocycles. The van der Waals surface area contributed by atoms with Crippen LogP contribution in [-0.2, 0) is 0 Å². The molecule has 0 bridgehead atoms. The fourth-order valence-corrected chi connectivity index (χ4v) is 3.98. The molecule has 5 aromatic rings. The van der Waals surface area contributed by atoms with Gasteiger partial charge in [-0.15, -0.1) is 0 Å². The van der Waals surface area contributed by atoms with Gasteiger partial charge in [0.05, 0.1) is 30.6 Å². The van der Waals surface area contributed by atoms with Crippen LogP contribution in [0.1, 0.15) is 29.1 Å². The van der Waals surface area contributed by atoms with Gasteiger partial charge in [0.2, 0.25) is 0 Å². The first-order valence-electron chi connectivity index (χ1n) is 11.3. The Labute approximate surface area is 206 Å². The van der Waals surface area contributed by atoms with Gasteiger partial charge in [0, 0.05) is 5.39 Å². The number of aromatic nitrogens is 3. The lowest BCUT2D eigenvalue weighted by molar-refractivity contribution is 0.0877. The molecule has 0 aliphatic carbocycles. The first-order chi connectivity index (χ1) is 17.5.